The van der Waals surface area contributed by atoms with Gasteiger partial charge in [0.25, 0.3) is 0 Å². The third-order valence-corrected chi connectivity index (χ3v) is 3.03. The van der Waals surface area contributed by atoms with E-state index in [1.165, 1.54) is 24.3 Å². The molecule has 2 aromatic carbocycles. The minimum atomic E-state index is -6.02. The van der Waals surface area contributed by atoms with Crippen LogP contribution in [0.5, 0.6) is 11.5 Å². The molecule has 1 unspecified atom stereocenters. The van der Waals surface area contributed by atoms with E-state index in [1.807, 2.05) is 0 Å². The minimum absolute atomic E-state index is 0.0162. The van der Waals surface area contributed by atoms with Crippen molar-refractivity contribution in [3.05, 3.63) is 54.1 Å². The van der Waals surface area contributed by atoms with Crippen molar-refractivity contribution in [1.82, 2.24) is 0 Å². The maximum Gasteiger partial charge on any atom is 0.456 e. The number of benzene rings is 2. The molecule has 0 saturated carbocycles. The Hall–Kier alpha value is -2.38. The number of alkyl halides is 6. The van der Waals surface area contributed by atoms with Crippen molar-refractivity contribution in [2.75, 3.05) is 5.73 Å². The van der Waals surface area contributed by atoms with Crippen LogP contribution in [0.3, 0.4) is 0 Å². The Morgan fingerprint density at radius 1 is 0.826 bits per heavy atom. The largest absolute Gasteiger partial charge is 0.456 e. The van der Waals surface area contributed by atoms with Crippen LogP contribution in [0.15, 0.2) is 48.5 Å². The van der Waals surface area contributed by atoms with Crippen molar-refractivity contribution in [2.24, 2.45) is 0 Å². The molecule has 2 N–H and O–H groups in total. The highest BCUT2D eigenvalue weighted by atomic mass is 19.4. The molecule has 8 heteroatoms. The Kier molecular flexibility index (Phi) is 4.44. The van der Waals surface area contributed by atoms with Gasteiger partial charge in [-0.3, -0.25) is 0 Å². The molecule has 0 aliphatic carbocycles. The summed E-state index contributed by atoms with van der Waals surface area (Å²) >= 11 is 0. The van der Waals surface area contributed by atoms with Crippen LogP contribution in [0.4, 0.5) is 32.0 Å². The first-order valence-corrected chi connectivity index (χ1v) is 6.34. The molecule has 0 radical (unpaired) electrons. The highest BCUT2D eigenvalue weighted by molar-refractivity contribution is 5.54. The van der Waals surface area contributed by atoms with Crippen LogP contribution in [-0.2, 0) is 0 Å². The van der Waals surface area contributed by atoms with Gasteiger partial charge in [0, 0.05) is 5.56 Å². The van der Waals surface area contributed by atoms with E-state index in [4.69, 9.17) is 10.5 Å². The van der Waals surface area contributed by atoms with E-state index < -0.39 is 29.6 Å². The molecule has 0 aliphatic rings. The molecule has 2 nitrogen and oxygen atoms in total. The van der Waals surface area contributed by atoms with Crippen molar-refractivity contribution >= 4 is 5.69 Å². The van der Waals surface area contributed by atoms with Gasteiger partial charge in [0.2, 0.25) is 6.17 Å². The second kappa shape index (κ2) is 6.02. The second-order valence-electron chi connectivity index (χ2n) is 4.66. The number of hydrogen-bond acceptors (Lipinski definition) is 2. The molecule has 124 valence electrons. The second-order valence-corrected chi connectivity index (χ2v) is 4.66. The minimum Gasteiger partial charge on any atom is -0.455 e. The predicted octanol–water partition coefficient (Wildman–Crippen LogP) is 5.27. The number of anilines is 1. The van der Waals surface area contributed by atoms with Gasteiger partial charge < -0.3 is 10.5 Å². The number of rotatable bonds is 4. The van der Waals surface area contributed by atoms with Crippen LogP contribution < -0.4 is 10.5 Å². The van der Waals surface area contributed by atoms with Crippen molar-refractivity contribution in [1.29, 1.82) is 0 Å². The molecule has 0 aromatic heterocycles. The zero-order valence-corrected chi connectivity index (χ0v) is 11.4. The van der Waals surface area contributed by atoms with Crippen molar-refractivity contribution < 1.29 is 31.1 Å². The van der Waals surface area contributed by atoms with Gasteiger partial charge in [0.05, 0.1) is 5.69 Å². The van der Waals surface area contributed by atoms with Crippen LogP contribution in [0.25, 0.3) is 0 Å². The first-order valence-electron chi connectivity index (χ1n) is 6.34. The van der Waals surface area contributed by atoms with Crippen molar-refractivity contribution in [3.8, 4) is 11.5 Å². The number of nitrogens with two attached hydrogens (primary N) is 1. The molecule has 23 heavy (non-hydrogen) atoms. The molecule has 0 heterocycles. The summed E-state index contributed by atoms with van der Waals surface area (Å²) in [7, 11) is 0. The Balaban J connectivity index is 2.40. The molecule has 0 amide bonds. The van der Waals surface area contributed by atoms with E-state index in [2.05, 4.69) is 0 Å². The monoisotopic (exact) mass is 335 g/mol. The summed E-state index contributed by atoms with van der Waals surface area (Å²) in [6, 6.07) is 10.2. The van der Waals surface area contributed by atoms with E-state index in [0.29, 0.717) is 0 Å². The zero-order valence-electron chi connectivity index (χ0n) is 11.4. The quantitative estimate of drug-likeness (QED) is 0.610. The number of ether oxygens (including phenoxy) is 1. The van der Waals surface area contributed by atoms with E-state index >= 15 is 0 Å². The third-order valence-electron chi connectivity index (χ3n) is 3.03. The molecule has 0 spiro atoms. The number of para-hydroxylation sites is 3. The number of halogens is 6. The van der Waals surface area contributed by atoms with Gasteiger partial charge in [-0.2, -0.15) is 22.0 Å². The first kappa shape index (κ1) is 17.0. The Labute approximate surface area is 127 Å². The lowest BCUT2D eigenvalue weighted by Gasteiger charge is -2.24. The van der Waals surface area contributed by atoms with Gasteiger partial charge >= 0.3 is 12.1 Å². The summed E-state index contributed by atoms with van der Waals surface area (Å²) in [5.41, 5.74) is 4.81. The molecule has 0 fully saturated rings. The lowest BCUT2D eigenvalue weighted by molar-refractivity contribution is -0.305. The highest BCUT2D eigenvalue weighted by Gasteiger charge is 2.64. The van der Waals surface area contributed by atoms with Gasteiger partial charge in [-0.15, -0.1) is 0 Å². The van der Waals surface area contributed by atoms with Crippen molar-refractivity contribution in [2.45, 2.75) is 18.3 Å². The van der Waals surface area contributed by atoms with E-state index in [9.17, 15) is 26.3 Å². The van der Waals surface area contributed by atoms with Crippen LogP contribution in [0, 0.1) is 0 Å². The van der Waals surface area contributed by atoms with Gasteiger partial charge in [0.1, 0.15) is 11.5 Å². The van der Waals surface area contributed by atoms with Crippen LogP contribution >= 0.6 is 0 Å². The molecular formula is C15H11F6NO. The average Bonchev–Trinajstić information content (AvgIpc) is 2.48. The van der Waals surface area contributed by atoms with E-state index in [1.54, 1.807) is 6.07 Å². The summed E-state index contributed by atoms with van der Waals surface area (Å²) < 4.78 is 82.6. The van der Waals surface area contributed by atoms with Gasteiger partial charge in [-0.25, -0.2) is 4.39 Å². The standard InChI is InChI=1S/C15H11F6NO/c16-13(14(17,18)15(19,20)21)9-5-1-3-7-11(9)23-12-8-4-2-6-10(12)22/h1-8,13H,22H2. The third kappa shape index (κ3) is 3.35. The molecule has 0 aliphatic heterocycles. The topological polar surface area (TPSA) is 35.2 Å². The smallest absolute Gasteiger partial charge is 0.455 e. The Bertz CT molecular complexity index is 686. The maximum absolute atomic E-state index is 13.9. The fourth-order valence-electron chi connectivity index (χ4n) is 1.81. The molecule has 0 bridgehead atoms. The molecule has 2 rings (SSSR count). The molecular weight excluding hydrogens is 324 g/mol. The zero-order chi connectivity index (χ0) is 17.3. The van der Waals surface area contributed by atoms with Crippen LogP contribution in [0.1, 0.15) is 11.7 Å². The molecule has 1 atom stereocenters. The van der Waals surface area contributed by atoms with Crippen LogP contribution in [-0.4, -0.2) is 12.1 Å². The Morgan fingerprint density at radius 2 is 1.35 bits per heavy atom. The first-order chi connectivity index (χ1) is 10.6. The average molecular weight is 335 g/mol. The number of nitrogen functional groups attached to an aromatic ring is 1. The van der Waals surface area contributed by atoms with E-state index in [0.717, 1.165) is 18.2 Å². The van der Waals surface area contributed by atoms with Crippen molar-refractivity contribution in [3.63, 3.8) is 0 Å². The molecule has 2 aromatic rings. The van der Waals surface area contributed by atoms with Gasteiger partial charge in [-0.05, 0) is 18.2 Å². The fourth-order valence-corrected chi connectivity index (χ4v) is 1.81. The van der Waals surface area contributed by atoms with Gasteiger partial charge in [0.15, 0.2) is 0 Å². The highest BCUT2D eigenvalue weighted by Crippen LogP contribution is 2.49. The summed E-state index contributed by atoms with van der Waals surface area (Å²) in [5, 5.41) is 0. The fraction of sp³-hybridized carbons (Fsp3) is 0.200. The van der Waals surface area contributed by atoms with Gasteiger partial charge in [-0.1, -0.05) is 30.3 Å². The number of hydrogen-bond donors (Lipinski definition) is 1. The van der Waals surface area contributed by atoms with E-state index in [-0.39, 0.29) is 11.4 Å². The Morgan fingerprint density at radius 3 is 1.91 bits per heavy atom. The summed E-state index contributed by atoms with van der Waals surface area (Å²) in [4.78, 5) is 0. The maximum atomic E-state index is 13.9. The predicted molar refractivity (Wildman–Crippen MR) is 72.2 cm³/mol. The molecule has 0 saturated heterocycles. The lowest BCUT2D eigenvalue weighted by Crippen LogP contribution is -2.40. The SMILES string of the molecule is Nc1ccccc1Oc1ccccc1C(F)C(F)(F)C(F)(F)F. The lowest BCUT2D eigenvalue weighted by atomic mass is 10.0. The normalized spacial score (nSPS) is 13.7. The summed E-state index contributed by atoms with van der Waals surface area (Å²) in [6.07, 6.45) is -9.63. The summed E-state index contributed by atoms with van der Waals surface area (Å²) in [6.45, 7) is 0. The van der Waals surface area contributed by atoms with Crippen LogP contribution in [0.2, 0.25) is 0 Å². The summed E-state index contributed by atoms with van der Waals surface area (Å²) in [5.74, 6) is -6.00.